The van der Waals surface area contributed by atoms with Gasteiger partial charge in [0.05, 0.1) is 19.8 Å². The molecular formula is C17H28IN3O3. The second kappa shape index (κ2) is 9.93. The van der Waals surface area contributed by atoms with E-state index in [0.717, 1.165) is 49.0 Å². The lowest BCUT2D eigenvalue weighted by atomic mass is 10.0. The molecule has 0 bridgehead atoms. The molecule has 0 aromatic heterocycles. The minimum Gasteiger partial charge on any atom is -0.493 e. The van der Waals surface area contributed by atoms with Gasteiger partial charge in [0, 0.05) is 26.7 Å². The van der Waals surface area contributed by atoms with E-state index in [1.165, 1.54) is 0 Å². The number of benzene rings is 1. The van der Waals surface area contributed by atoms with Gasteiger partial charge < -0.3 is 24.8 Å². The Labute approximate surface area is 161 Å². The van der Waals surface area contributed by atoms with Crippen LogP contribution in [-0.2, 0) is 11.3 Å². The lowest BCUT2D eigenvalue weighted by molar-refractivity contribution is 0.0243. The van der Waals surface area contributed by atoms with Gasteiger partial charge in [-0.15, -0.1) is 24.0 Å². The van der Waals surface area contributed by atoms with Crippen molar-refractivity contribution in [2.24, 2.45) is 4.99 Å². The first kappa shape index (κ1) is 20.8. The molecule has 2 rings (SSSR count). The van der Waals surface area contributed by atoms with Crippen molar-refractivity contribution in [2.75, 3.05) is 34.4 Å². The molecule has 136 valence electrons. The maximum absolute atomic E-state index is 5.78. The third kappa shape index (κ3) is 5.70. The fourth-order valence-electron chi connectivity index (χ4n) is 2.64. The predicted octanol–water partition coefficient (Wildman–Crippen LogP) is 2.56. The van der Waals surface area contributed by atoms with Gasteiger partial charge in [0.15, 0.2) is 17.5 Å². The van der Waals surface area contributed by atoms with Gasteiger partial charge in [-0.25, -0.2) is 0 Å². The SMILES string of the molecule is CN=C(NCc1ccc(OC)c(OC)c1)NCC1(C)CCCO1.I. The van der Waals surface area contributed by atoms with Gasteiger partial charge >= 0.3 is 0 Å². The first-order valence-electron chi connectivity index (χ1n) is 7.89. The standard InChI is InChI=1S/C17H27N3O3.HI/c1-17(8-5-9-23-17)12-20-16(18-2)19-11-13-6-7-14(21-3)15(10-13)22-4;/h6-7,10H,5,8-9,11-12H2,1-4H3,(H2,18,19,20);1H. The summed E-state index contributed by atoms with van der Waals surface area (Å²) in [6.07, 6.45) is 2.20. The summed E-state index contributed by atoms with van der Waals surface area (Å²) >= 11 is 0. The van der Waals surface area contributed by atoms with E-state index >= 15 is 0 Å². The van der Waals surface area contributed by atoms with Crippen molar-refractivity contribution in [1.29, 1.82) is 0 Å². The molecule has 1 unspecified atom stereocenters. The minimum atomic E-state index is -0.0963. The first-order chi connectivity index (χ1) is 11.1. The van der Waals surface area contributed by atoms with Crippen LogP contribution in [0.2, 0.25) is 0 Å². The summed E-state index contributed by atoms with van der Waals surface area (Å²) < 4.78 is 16.4. The van der Waals surface area contributed by atoms with Crippen molar-refractivity contribution in [2.45, 2.75) is 31.9 Å². The second-order valence-corrected chi connectivity index (χ2v) is 5.87. The summed E-state index contributed by atoms with van der Waals surface area (Å²) in [5.74, 6) is 2.21. The number of nitrogens with one attached hydrogen (secondary N) is 2. The van der Waals surface area contributed by atoms with Gasteiger partial charge in [-0.2, -0.15) is 0 Å². The highest BCUT2D eigenvalue weighted by atomic mass is 127. The maximum atomic E-state index is 5.78. The van der Waals surface area contributed by atoms with Gasteiger partial charge in [-0.3, -0.25) is 4.99 Å². The molecule has 0 spiro atoms. The smallest absolute Gasteiger partial charge is 0.191 e. The Morgan fingerprint density at radius 2 is 2.00 bits per heavy atom. The number of hydrogen-bond acceptors (Lipinski definition) is 4. The predicted molar refractivity (Wildman–Crippen MR) is 107 cm³/mol. The second-order valence-electron chi connectivity index (χ2n) is 5.87. The summed E-state index contributed by atoms with van der Waals surface area (Å²) in [4.78, 5) is 4.25. The van der Waals surface area contributed by atoms with E-state index < -0.39 is 0 Å². The molecule has 1 aliphatic heterocycles. The summed E-state index contributed by atoms with van der Waals surface area (Å²) in [5.41, 5.74) is 0.995. The van der Waals surface area contributed by atoms with E-state index in [1.807, 2.05) is 18.2 Å². The zero-order valence-electron chi connectivity index (χ0n) is 14.8. The number of methoxy groups -OCH3 is 2. The Balaban J connectivity index is 0.00000288. The molecule has 0 radical (unpaired) electrons. The molecule has 0 amide bonds. The fourth-order valence-corrected chi connectivity index (χ4v) is 2.64. The van der Waals surface area contributed by atoms with Crippen LogP contribution in [0.25, 0.3) is 0 Å². The Bertz CT molecular complexity index is 546. The number of guanidine groups is 1. The van der Waals surface area contributed by atoms with E-state index in [4.69, 9.17) is 14.2 Å². The highest BCUT2D eigenvalue weighted by Crippen LogP contribution is 2.27. The summed E-state index contributed by atoms with van der Waals surface area (Å²) in [5, 5.41) is 6.63. The first-order valence-corrected chi connectivity index (χ1v) is 7.89. The fraction of sp³-hybridized carbons (Fsp3) is 0.588. The lowest BCUT2D eigenvalue weighted by Gasteiger charge is -2.24. The molecule has 1 fully saturated rings. The number of nitrogens with zero attached hydrogens (tertiary/aromatic N) is 1. The largest absolute Gasteiger partial charge is 0.493 e. The zero-order chi connectivity index (χ0) is 16.7. The quantitative estimate of drug-likeness (QED) is 0.397. The Kier molecular flexibility index (Phi) is 8.61. The number of aliphatic imine (C=N–C) groups is 1. The molecule has 0 aliphatic carbocycles. The third-order valence-corrected chi connectivity index (χ3v) is 4.06. The molecule has 2 N–H and O–H groups in total. The Morgan fingerprint density at radius 3 is 2.58 bits per heavy atom. The molecule has 6 nitrogen and oxygen atoms in total. The van der Waals surface area contributed by atoms with E-state index in [-0.39, 0.29) is 29.6 Å². The Morgan fingerprint density at radius 1 is 1.25 bits per heavy atom. The van der Waals surface area contributed by atoms with Gasteiger partial charge in [-0.1, -0.05) is 6.07 Å². The van der Waals surface area contributed by atoms with Gasteiger partial charge in [0.25, 0.3) is 0 Å². The van der Waals surface area contributed by atoms with Crippen molar-refractivity contribution in [3.63, 3.8) is 0 Å². The number of ether oxygens (including phenoxy) is 3. The van der Waals surface area contributed by atoms with Gasteiger partial charge in [0.1, 0.15) is 0 Å². The molecule has 1 aliphatic rings. The van der Waals surface area contributed by atoms with E-state index in [0.29, 0.717) is 6.54 Å². The van der Waals surface area contributed by atoms with E-state index in [9.17, 15) is 0 Å². The van der Waals surface area contributed by atoms with Crippen LogP contribution in [0.5, 0.6) is 11.5 Å². The topological polar surface area (TPSA) is 64.1 Å². The molecule has 24 heavy (non-hydrogen) atoms. The maximum Gasteiger partial charge on any atom is 0.191 e. The van der Waals surface area contributed by atoms with Gasteiger partial charge in [0.2, 0.25) is 0 Å². The van der Waals surface area contributed by atoms with E-state index in [2.05, 4.69) is 22.5 Å². The van der Waals surface area contributed by atoms with Crippen molar-refractivity contribution >= 4 is 29.9 Å². The molecule has 1 atom stereocenters. The molecular weight excluding hydrogens is 421 g/mol. The van der Waals surface area contributed by atoms with Crippen LogP contribution in [0.1, 0.15) is 25.3 Å². The van der Waals surface area contributed by atoms with Crippen LogP contribution < -0.4 is 20.1 Å². The molecule has 1 aromatic rings. The van der Waals surface area contributed by atoms with Crippen molar-refractivity contribution in [1.82, 2.24) is 10.6 Å². The summed E-state index contributed by atoms with van der Waals surface area (Å²) in [6.45, 7) is 4.38. The van der Waals surface area contributed by atoms with Gasteiger partial charge in [-0.05, 0) is 37.5 Å². The van der Waals surface area contributed by atoms with Crippen LogP contribution in [0.3, 0.4) is 0 Å². The van der Waals surface area contributed by atoms with E-state index in [1.54, 1.807) is 21.3 Å². The number of rotatable bonds is 6. The molecule has 7 heteroatoms. The molecule has 0 saturated carbocycles. The van der Waals surface area contributed by atoms with Crippen LogP contribution in [0.15, 0.2) is 23.2 Å². The molecule has 1 saturated heterocycles. The minimum absolute atomic E-state index is 0. The van der Waals surface area contributed by atoms with Crippen LogP contribution in [-0.4, -0.2) is 46.0 Å². The van der Waals surface area contributed by atoms with Crippen LogP contribution >= 0.6 is 24.0 Å². The van der Waals surface area contributed by atoms with Crippen molar-refractivity contribution in [3.8, 4) is 11.5 Å². The summed E-state index contributed by atoms with van der Waals surface area (Å²) in [6, 6.07) is 5.86. The number of halogens is 1. The van der Waals surface area contributed by atoms with Crippen LogP contribution in [0, 0.1) is 0 Å². The van der Waals surface area contributed by atoms with Crippen molar-refractivity contribution < 1.29 is 14.2 Å². The van der Waals surface area contributed by atoms with Crippen molar-refractivity contribution in [3.05, 3.63) is 23.8 Å². The monoisotopic (exact) mass is 449 g/mol. The normalized spacial score (nSPS) is 20.2. The highest BCUT2D eigenvalue weighted by molar-refractivity contribution is 14.0. The average Bonchev–Trinajstić information content (AvgIpc) is 3.01. The summed E-state index contributed by atoms with van der Waals surface area (Å²) in [7, 11) is 5.03. The third-order valence-electron chi connectivity index (χ3n) is 4.06. The lowest BCUT2D eigenvalue weighted by Crippen LogP contribution is -2.45. The molecule has 1 aromatic carbocycles. The average molecular weight is 449 g/mol. The van der Waals surface area contributed by atoms with Crippen LogP contribution in [0.4, 0.5) is 0 Å². The zero-order valence-corrected chi connectivity index (χ0v) is 17.2. The molecule has 1 heterocycles. The Hall–Kier alpha value is -1.22. The highest BCUT2D eigenvalue weighted by Gasteiger charge is 2.29. The number of hydrogen-bond donors (Lipinski definition) is 2.